The van der Waals surface area contributed by atoms with Gasteiger partial charge in [0.25, 0.3) is 0 Å². The Balaban J connectivity index is 2.99. The molecule has 0 spiro atoms. The molecule has 2 unspecified atom stereocenters. The van der Waals surface area contributed by atoms with Crippen LogP contribution in [0.15, 0.2) is 0 Å². The number of hydrogen-bond donors (Lipinski definition) is 2. The first-order valence-corrected chi connectivity index (χ1v) is 7.67. The van der Waals surface area contributed by atoms with Crippen LogP contribution in [0.4, 0.5) is 0 Å². The Kier molecular flexibility index (Phi) is 7.53. The maximum atomic E-state index is 10.2. The first-order valence-electron chi connectivity index (χ1n) is 7.67. The van der Waals surface area contributed by atoms with Crippen LogP contribution in [-0.4, -0.2) is 65.8 Å². The summed E-state index contributed by atoms with van der Waals surface area (Å²) in [5.74, 6) is 0. The van der Waals surface area contributed by atoms with E-state index >= 15 is 0 Å². The standard InChI is InChI=1S/C15H30O6/c1-8(2)18-12-11(7-16)21-15(17)14(20-10(5)6)13(12)19-9(3)4/h8-17H,7H2,1-6H3/t11?,12-,13-,14?,15+/m0/s1. The summed E-state index contributed by atoms with van der Waals surface area (Å²) in [6, 6.07) is 0. The van der Waals surface area contributed by atoms with E-state index in [4.69, 9.17) is 18.9 Å². The van der Waals surface area contributed by atoms with Crippen LogP contribution in [0.2, 0.25) is 0 Å². The van der Waals surface area contributed by atoms with Crippen LogP contribution in [0.1, 0.15) is 41.5 Å². The lowest BCUT2D eigenvalue weighted by molar-refractivity contribution is -0.322. The topological polar surface area (TPSA) is 77.4 Å². The first-order chi connectivity index (χ1) is 9.76. The van der Waals surface area contributed by atoms with Gasteiger partial charge >= 0.3 is 0 Å². The number of aliphatic hydroxyl groups is 2. The van der Waals surface area contributed by atoms with Crippen LogP contribution in [0.5, 0.6) is 0 Å². The molecule has 6 heteroatoms. The molecule has 0 saturated carbocycles. The highest BCUT2D eigenvalue weighted by Gasteiger charge is 2.48. The van der Waals surface area contributed by atoms with Gasteiger partial charge in [0.2, 0.25) is 0 Å². The molecule has 21 heavy (non-hydrogen) atoms. The zero-order chi connectivity index (χ0) is 16.2. The van der Waals surface area contributed by atoms with Gasteiger partial charge in [0, 0.05) is 0 Å². The molecule has 1 aliphatic heterocycles. The maximum Gasteiger partial charge on any atom is 0.184 e. The molecule has 126 valence electrons. The molecule has 1 aliphatic rings. The molecule has 1 saturated heterocycles. The van der Waals surface area contributed by atoms with Crippen LogP contribution < -0.4 is 0 Å². The van der Waals surface area contributed by atoms with E-state index < -0.39 is 30.7 Å². The summed E-state index contributed by atoms with van der Waals surface area (Å²) in [5.41, 5.74) is 0. The summed E-state index contributed by atoms with van der Waals surface area (Å²) in [6.45, 7) is 11.2. The van der Waals surface area contributed by atoms with Gasteiger partial charge in [0.15, 0.2) is 6.29 Å². The second-order valence-electron chi connectivity index (χ2n) is 6.20. The highest BCUT2D eigenvalue weighted by molar-refractivity contribution is 4.93. The minimum absolute atomic E-state index is 0.0548. The van der Waals surface area contributed by atoms with E-state index in [9.17, 15) is 10.2 Å². The molecule has 0 amide bonds. The van der Waals surface area contributed by atoms with E-state index in [-0.39, 0.29) is 24.9 Å². The molecule has 0 aromatic heterocycles. The van der Waals surface area contributed by atoms with E-state index in [0.29, 0.717) is 0 Å². The van der Waals surface area contributed by atoms with Gasteiger partial charge in [-0.05, 0) is 41.5 Å². The Bertz CT molecular complexity index is 294. The van der Waals surface area contributed by atoms with Crippen LogP contribution >= 0.6 is 0 Å². The molecule has 2 N–H and O–H groups in total. The quantitative estimate of drug-likeness (QED) is 0.733. The number of hydrogen-bond acceptors (Lipinski definition) is 6. The lowest BCUT2D eigenvalue weighted by Gasteiger charge is -2.45. The van der Waals surface area contributed by atoms with E-state index in [0.717, 1.165) is 0 Å². The van der Waals surface area contributed by atoms with Crippen LogP contribution in [0.3, 0.4) is 0 Å². The fourth-order valence-corrected chi connectivity index (χ4v) is 2.45. The third-order valence-electron chi connectivity index (χ3n) is 3.08. The Morgan fingerprint density at radius 1 is 0.810 bits per heavy atom. The average molecular weight is 306 g/mol. The molecule has 1 heterocycles. The van der Waals surface area contributed by atoms with Crippen molar-refractivity contribution in [3.8, 4) is 0 Å². The fourth-order valence-electron chi connectivity index (χ4n) is 2.45. The average Bonchev–Trinajstić information content (AvgIpc) is 2.35. The Morgan fingerprint density at radius 2 is 1.24 bits per heavy atom. The Hall–Kier alpha value is -0.240. The normalized spacial score (nSPS) is 34.1. The van der Waals surface area contributed by atoms with Gasteiger partial charge < -0.3 is 29.2 Å². The van der Waals surface area contributed by atoms with E-state index in [1.54, 1.807) is 0 Å². The van der Waals surface area contributed by atoms with Gasteiger partial charge in [-0.15, -0.1) is 0 Å². The van der Waals surface area contributed by atoms with Crippen molar-refractivity contribution in [3.63, 3.8) is 0 Å². The maximum absolute atomic E-state index is 10.2. The highest BCUT2D eigenvalue weighted by atomic mass is 16.7. The summed E-state index contributed by atoms with van der Waals surface area (Å²) in [5, 5.41) is 19.7. The summed E-state index contributed by atoms with van der Waals surface area (Å²) in [7, 11) is 0. The number of rotatable bonds is 7. The van der Waals surface area contributed by atoms with Crippen molar-refractivity contribution in [1.82, 2.24) is 0 Å². The highest BCUT2D eigenvalue weighted by Crippen LogP contribution is 2.29. The van der Waals surface area contributed by atoms with Crippen molar-refractivity contribution in [1.29, 1.82) is 0 Å². The summed E-state index contributed by atoms with van der Waals surface area (Å²) >= 11 is 0. The smallest absolute Gasteiger partial charge is 0.184 e. The summed E-state index contributed by atoms with van der Waals surface area (Å²) < 4.78 is 23.0. The third-order valence-corrected chi connectivity index (χ3v) is 3.08. The van der Waals surface area contributed by atoms with Crippen molar-refractivity contribution in [3.05, 3.63) is 0 Å². The van der Waals surface area contributed by atoms with Crippen molar-refractivity contribution in [2.24, 2.45) is 0 Å². The molecule has 1 rings (SSSR count). The zero-order valence-corrected chi connectivity index (χ0v) is 13.9. The molecular weight excluding hydrogens is 276 g/mol. The van der Waals surface area contributed by atoms with Crippen molar-refractivity contribution < 1.29 is 29.2 Å². The monoisotopic (exact) mass is 306 g/mol. The number of ether oxygens (including phenoxy) is 4. The molecule has 0 aliphatic carbocycles. The second-order valence-corrected chi connectivity index (χ2v) is 6.20. The molecule has 5 atom stereocenters. The van der Waals surface area contributed by atoms with Crippen molar-refractivity contribution in [2.75, 3.05) is 6.61 Å². The largest absolute Gasteiger partial charge is 0.394 e. The minimum atomic E-state index is -1.15. The minimum Gasteiger partial charge on any atom is -0.394 e. The Labute approximate surface area is 127 Å². The second kappa shape index (κ2) is 8.41. The molecule has 0 aromatic rings. The van der Waals surface area contributed by atoms with Crippen LogP contribution in [0, 0.1) is 0 Å². The Morgan fingerprint density at radius 3 is 1.67 bits per heavy atom. The van der Waals surface area contributed by atoms with E-state index in [2.05, 4.69) is 0 Å². The molecule has 6 nitrogen and oxygen atoms in total. The van der Waals surface area contributed by atoms with Gasteiger partial charge in [0.1, 0.15) is 24.4 Å². The first kappa shape index (κ1) is 18.8. The lowest BCUT2D eigenvalue weighted by Crippen LogP contribution is -2.62. The number of aliphatic hydroxyl groups excluding tert-OH is 2. The molecule has 1 fully saturated rings. The van der Waals surface area contributed by atoms with Gasteiger partial charge in [0.05, 0.1) is 24.9 Å². The molecular formula is C15H30O6. The molecule has 0 aromatic carbocycles. The van der Waals surface area contributed by atoms with Gasteiger partial charge in [-0.2, -0.15) is 0 Å². The van der Waals surface area contributed by atoms with Crippen molar-refractivity contribution >= 4 is 0 Å². The fraction of sp³-hybridized carbons (Fsp3) is 1.00. The third kappa shape index (κ3) is 5.47. The summed E-state index contributed by atoms with van der Waals surface area (Å²) in [4.78, 5) is 0. The predicted octanol–water partition coefficient (Wildman–Crippen LogP) is 1.08. The molecule has 0 bridgehead atoms. The van der Waals surface area contributed by atoms with E-state index in [1.165, 1.54) is 0 Å². The van der Waals surface area contributed by atoms with Crippen molar-refractivity contribution in [2.45, 2.75) is 90.6 Å². The molecule has 0 radical (unpaired) electrons. The summed E-state index contributed by atoms with van der Waals surface area (Å²) in [6.07, 6.45) is -3.65. The SMILES string of the molecule is CC(C)OC1[C@H](O)OC(CO)[C@H](OC(C)C)[C@@H]1OC(C)C. The van der Waals surface area contributed by atoms with Gasteiger partial charge in [-0.1, -0.05) is 0 Å². The van der Waals surface area contributed by atoms with Crippen LogP contribution in [-0.2, 0) is 18.9 Å². The lowest BCUT2D eigenvalue weighted by atomic mass is 9.97. The zero-order valence-electron chi connectivity index (χ0n) is 13.9. The predicted molar refractivity (Wildman–Crippen MR) is 78.0 cm³/mol. The van der Waals surface area contributed by atoms with Gasteiger partial charge in [-0.3, -0.25) is 0 Å². The van der Waals surface area contributed by atoms with E-state index in [1.807, 2.05) is 41.5 Å². The van der Waals surface area contributed by atoms with Crippen LogP contribution in [0.25, 0.3) is 0 Å². The van der Waals surface area contributed by atoms with Gasteiger partial charge in [-0.25, -0.2) is 0 Å².